The number of nitrogens with zero attached hydrogens (tertiary/aromatic N) is 2. The molecule has 1 heterocycles. The SMILES string of the molecule is C[C@@H]1C[C@@H]1C(=O)Nc1ccc(F)cc1C(=O)N=c1sccn1C. The van der Waals surface area contributed by atoms with Crippen LogP contribution in [0.2, 0.25) is 0 Å². The van der Waals surface area contributed by atoms with Crippen molar-refractivity contribution in [1.82, 2.24) is 4.57 Å². The van der Waals surface area contributed by atoms with Gasteiger partial charge in [0.25, 0.3) is 5.91 Å². The second-order valence-electron chi connectivity index (χ2n) is 5.71. The number of anilines is 1. The summed E-state index contributed by atoms with van der Waals surface area (Å²) in [6, 6.07) is 3.72. The number of aryl methyl sites for hydroxylation is 1. The number of thiazole rings is 1. The molecular formula is C16H16FN3O2S. The van der Waals surface area contributed by atoms with Crippen molar-refractivity contribution in [2.75, 3.05) is 5.32 Å². The third-order valence-electron chi connectivity index (χ3n) is 3.87. The summed E-state index contributed by atoms with van der Waals surface area (Å²) in [4.78, 5) is 28.9. The molecule has 0 spiro atoms. The molecule has 2 aromatic rings. The van der Waals surface area contributed by atoms with Crippen molar-refractivity contribution < 1.29 is 14.0 Å². The summed E-state index contributed by atoms with van der Waals surface area (Å²) in [5.41, 5.74) is 0.350. The summed E-state index contributed by atoms with van der Waals surface area (Å²) in [6.45, 7) is 1.99. The first-order valence-electron chi connectivity index (χ1n) is 7.25. The van der Waals surface area contributed by atoms with Gasteiger partial charge in [-0.3, -0.25) is 9.59 Å². The van der Waals surface area contributed by atoms with E-state index in [0.29, 0.717) is 16.4 Å². The first-order valence-corrected chi connectivity index (χ1v) is 8.13. The van der Waals surface area contributed by atoms with Crippen molar-refractivity contribution in [2.45, 2.75) is 13.3 Å². The van der Waals surface area contributed by atoms with Crippen LogP contribution in [0, 0.1) is 17.7 Å². The van der Waals surface area contributed by atoms with E-state index in [1.54, 1.807) is 23.2 Å². The van der Waals surface area contributed by atoms with Crippen molar-refractivity contribution in [1.29, 1.82) is 0 Å². The maximum Gasteiger partial charge on any atom is 0.281 e. The molecule has 1 aromatic heterocycles. The van der Waals surface area contributed by atoms with Crippen LogP contribution in [0.15, 0.2) is 34.8 Å². The monoisotopic (exact) mass is 333 g/mol. The Morgan fingerprint density at radius 2 is 2.17 bits per heavy atom. The predicted molar refractivity (Wildman–Crippen MR) is 85.5 cm³/mol. The number of nitrogens with one attached hydrogen (secondary N) is 1. The number of hydrogen-bond acceptors (Lipinski definition) is 3. The zero-order valence-corrected chi connectivity index (χ0v) is 13.6. The Kier molecular flexibility index (Phi) is 4.12. The van der Waals surface area contributed by atoms with E-state index >= 15 is 0 Å². The highest BCUT2D eigenvalue weighted by Crippen LogP contribution is 2.38. The van der Waals surface area contributed by atoms with Crippen LogP contribution < -0.4 is 10.1 Å². The van der Waals surface area contributed by atoms with Gasteiger partial charge in [0.2, 0.25) is 5.91 Å². The minimum Gasteiger partial charge on any atom is -0.327 e. The topological polar surface area (TPSA) is 63.5 Å². The first kappa shape index (κ1) is 15.6. The van der Waals surface area contributed by atoms with Gasteiger partial charge in [-0.2, -0.15) is 4.99 Å². The Bertz CT molecular complexity index is 840. The Labute approximate surface area is 136 Å². The largest absolute Gasteiger partial charge is 0.327 e. The van der Waals surface area contributed by atoms with Crippen LogP contribution in [0.1, 0.15) is 23.7 Å². The molecule has 5 nitrogen and oxygen atoms in total. The molecule has 0 bridgehead atoms. The highest BCUT2D eigenvalue weighted by atomic mass is 32.1. The Balaban J connectivity index is 1.91. The molecule has 1 saturated carbocycles. The van der Waals surface area contributed by atoms with Crippen LogP contribution >= 0.6 is 11.3 Å². The van der Waals surface area contributed by atoms with Gasteiger partial charge in [-0.15, -0.1) is 11.3 Å². The molecule has 1 aliphatic carbocycles. The van der Waals surface area contributed by atoms with Crippen molar-refractivity contribution in [3.05, 3.63) is 46.0 Å². The van der Waals surface area contributed by atoms with Crippen molar-refractivity contribution in [3.8, 4) is 0 Å². The molecule has 0 radical (unpaired) electrons. The fourth-order valence-electron chi connectivity index (χ4n) is 2.30. The van der Waals surface area contributed by atoms with E-state index < -0.39 is 11.7 Å². The van der Waals surface area contributed by atoms with Gasteiger partial charge >= 0.3 is 0 Å². The Hall–Kier alpha value is -2.28. The third-order valence-corrected chi connectivity index (χ3v) is 4.72. The summed E-state index contributed by atoms with van der Waals surface area (Å²) in [7, 11) is 1.77. The van der Waals surface area contributed by atoms with E-state index in [2.05, 4.69) is 10.3 Å². The second-order valence-corrected chi connectivity index (χ2v) is 6.59. The smallest absolute Gasteiger partial charge is 0.281 e. The predicted octanol–water partition coefficient (Wildman–Crippen LogP) is 2.56. The molecule has 23 heavy (non-hydrogen) atoms. The number of benzene rings is 1. The number of amides is 2. The number of rotatable bonds is 3. The molecule has 1 N–H and O–H groups in total. The average Bonchev–Trinajstić information content (AvgIpc) is 3.12. The van der Waals surface area contributed by atoms with Gasteiger partial charge in [-0.05, 0) is 30.5 Å². The van der Waals surface area contributed by atoms with E-state index in [1.165, 1.54) is 23.5 Å². The molecule has 3 rings (SSSR count). The van der Waals surface area contributed by atoms with Gasteiger partial charge < -0.3 is 9.88 Å². The molecule has 2 amide bonds. The maximum absolute atomic E-state index is 13.5. The fraction of sp³-hybridized carbons (Fsp3) is 0.312. The van der Waals surface area contributed by atoms with E-state index in [1.807, 2.05) is 6.92 Å². The second kappa shape index (κ2) is 6.08. The lowest BCUT2D eigenvalue weighted by Gasteiger charge is -2.08. The van der Waals surface area contributed by atoms with E-state index in [4.69, 9.17) is 0 Å². The van der Waals surface area contributed by atoms with Crippen LogP contribution in [-0.2, 0) is 11.8 Å². The van der Waals surface area contributed by atoms with Gasteiger partial charge in [-0.1, -0.05) is 6.92 Å². The maximum atomic E-state index is 13.5. The molecule has 2 atom stereocenters. The van der Waals surface area contributed by atoms with Gasteiger partial charge in [0.1, 0.15) is 5.82 Å². The highest BCUT2D eigenvalue weighted by molar-refractivity contribution is 7.07. The molecule has 1 aromatic carbocycles. The lowest BCUT2D eigenvalue weighted by molar-refractivity contribution is -0.117. The summed E-state index contributed by atoms with van der Waals surface area (Å²) in [5, 5.41) is 4.52. The summed E-state index contributed by atoms with van der Waals surface area (Å²) < 4.78 is 15.2. The molecular weight excluding hydrogens is 317 g/mol. The van der Waals surface area contributed by atoms with E-state index in [-0.39, 0.29) is 17.4 Å². The van der Waals surface area contributed by atoms with E-state index in [9.17, 15) is 14.0 Å². The van der Waals surface area contributed by atoms with Gasteiger partial charge in [0.05, 0.1) is 11.3 Å². The minimum atomic E-state index is -0.582. The van der Waals surface area contributed by atoms with Crippen molar-refractivity contribution in [3.63, 3.8) is 0 Å². The molecule has 0 aliphatic heterocycles. The molecule has 120 valence electrons. The third kappa shape index (κ3) is 3.39. The Morgan fingerprint density at radius 1 is 1.43 bits per heavy atom. The van der Waals surface area contributed by atoms with Gasteiger partial charge in [0.15, 0.2) is 4.80 Å². The Morgan fingerprint density at radius 3 is 2.78 bits per heavy atom. The van der Waals surface area contributed by atoms with Crippen LogP contribution in [0.5, 0.6) is 0 Å². The highest BCUT2D eigenvalue weighted by Gasteiger charge is 2.39. The zero-order chi connectivity index (χ0) is 16.6. The quantitative estimate of drug-likeness (QED) is 0.938. The van der Waals surface area contributed by atoms with E-state index in [0.717, 1.165) is 12.5 Å². The van der Waals surface area contributed by atoms with Gasteiger partial charge in [-0.25, -0.2) is 4.39 Å². The van der Waals surface area contributed by atoms with Crippen molar-refractivity contribution >= 4 is 28.8 Å². The summed E-state index contributed by atoms with van der Waals surface area (Å²) in [5.74, 6) is -0.946. The zero-order valence-electron chi connectivity index (χ0n) is 12.7. The normalized spacial score (nSPS) is 20.4. The average molecular weight is 333 g/mol. The number of hydrogen-bond donors (Lipinski definition) is 1. The standard InChI is InChI=1S/C16H16FN3O2S/c1-9-7-11(9)14(21)18-13-4-3-10(17)8-12(13)15(22)19-16-20(2)5-6-23-16/h3-6,8-9,11H,7H2,1-2H3,(H,18,21)/t9-,11+/m1/s1. The molecule has 7 heteroatoms. The lowest BCUT2D eigenvalue weighted by atomic mass is 10.1. The van der Waals surface area contributed by atoms with Crippen molar-refractivity contribution in [2.24, 2.45) is 23.9 Å². The van der Waals surface area contributed by atoms with Crippen LogP contribution in [0.4, 0.5) is 10.1 Å². The molecule has 1 fully saturated rings. The molecule has 1 aliphatic rings. The molecule has 0 unspecified atom stereocenters. The fourth-order valence-corrected chi connectivity index (χ4v) is 3.02. The summed E-state index contributed by atoms with van der Waals surface area (Å²) >= 11 is 1.31. The minimum absolute atomic E-state index is 0.0324. The number of halogens is 1. The summed E-state index contributed by atoms with van der Waals surface area (Å²) in [6.07, 6.45) is 2.62. The number of aromatic nitrogens is 1. The lowest BCUT2D eigenvalue weighted by Crippen LogP contribution is -2.18. The van der Waals surface area contributed by atoms with Crippen LogP contribution in [0.3, 0.4) is 0 Å². The van der Waals surface area contributed by atoms with Crippen LogP contribution in [0.25, 0.3) is 0 Å². The number of carbonyl (C=O) groups is 2. The first-order chi connectivity index (χ1) is 11.0. The van der Waals surface area contributed by atoms with Gasteiger partial charge in [0, 0.05) is 24.5 Å². The molecule has 0 saturated heterocycles. The van der Waals surface area contributed by atoms with Crippen LogP contribution in [-0.4, -0.2) is 16.4 Å². The number of carbonyl (C=O) groups excluding carboxylic acids is 2.